The highest BCUT2D eigenvalue weighted by Gasteiger charge is 2.49. The normalized spacial score (nSPS) is 21.7. The number of hydrogen-bond acceptors (Lipinski definition) is 7. The fraction of sp³-hybridized carbons (Fsp3) is 0.296. The molecule has 1 fully saturated rings. The average Bonchev–Trinajstić information content (AvgIpc) is 3.07. The van der Waals surface area contributed by atoms with Gasteiger partial charge in [-0.25, -0.2) is 8.78 Å². The lowest BCUT2D eigenvalue weighted by atomic mass is 9.74. The maximum atomic E-state index is 15.4. The van der Waals surface area contributed by atoms with Crippen molar-refractivity contribution in [1.82, 2.24) is 14.6 Å². The molecule has 3 aromatic rings. The number of aromatic nitrogens is 2. The summed E-state index contributed by atoms with van der Waals surface area (Å²) in [7, 11) is 0. The van der Waals surface area contributed by atoms with E-state index in [1.165, 1.54) is 28.7 Å². The Bertz CT molecular complexity index is 1600. The monoisotopic (exact) mass is 536 g/mol. The van der Waals surface area contributed by atoms with Gasteiger partial charge in [-0.2, -0.15) is 0 Å². The molecule has 38 heavy (non-hydrogen) atoms. The number of ether oxygens (including phenoxy) is 1. The summed E-state index contributed by atoms with van der Waals surface area (Å²) in [6.07, 6.45) is 9.03. The lowest BCUT2D eigenvalue weighted by Crippen LogP contribution is -2.64. The summed E-state index contributed by atoms with van der Waals surface area (Å²) in [5, 5.41) is 12.6. The second-order valence-corrected chi connectivity index (χ2v) is 10.9. The lowest BCUT2D eigenvalue weighted by Gasteiger charge is -2.53. The molecule has 1 amide bonds. The van der Waals surface area contributed by atoms with Crippen LogP contribution < -0.4 is 15.2 Å². The molecule has 0 radical (unpaired) electrons. The van der Waals surface area contributed by atoms with E-state index in [0.29, 0.717) is 24.1 Å². The number of pyridine rings is 2. The lowest BCUT2D eigenvalue weighted by molar-refractivity contribution is 0.0254. The van der Waals surface area contributed by atoms with E-state index in [0.717, 1.165) is 17.4 Å². The van der Waals surface area contributed by atoms with Crippen LogP contribution in [0.1, 0.15) is 52.6 Å². The van der Waals surface area contributed by atoms with Gasteiger partial charge in [0.2, 0.25) is 5.43 Å². The average molecular weight is 537 g/mol. The first-order valence-corrected chi connectivity index (χ1v) is 13.3. The summed E-state index contributed by atoms with van der Waals surface area (Å²) in [5.74, 6) is -2.80. The molecule has 8 nitrogen and oxygen atoms in total. The quantitative estimate of drug-likeness (QED) is 0.437. The summed E-state index contributed by atoms with van der Waals surface area (Å²) in [6, 6.07) is 5.05. The van der Waals surface area contributed by atoms with Crippen molar-refractivity contribution in [2.75, 3.05) is 18.3 Å². The molecule has 5 heterocycles. The van der Waals surface area contributed by atoms with Gasteiger partial charge in [-0.1, -0.05) is 6.08 Å². The number of thioether (sulfide) groups is 1. The number of halogens is 2. The highest BCUT2D eigenvalue weighted by atomic mass is 32.2. The van der Waals surface area contributed by atoms with Crippen LogP contribution in [0.2, 0.25) is 0 Å². The van der Waals surface area contributed by atoms with Gasteiger partial charge in [-0.3, -0.25) is 24.3 Å². The minimum Gasteiger partial charge on any atom is -0.502 e. The van der Waals surface area contributed by atoms with Gasteiger partial charge in [0.25, 0.3) is 5.91 Å². The summed E-state index contributed by atoms with van der Waals surface area (Å²) in [4.78, 5) is 33.5. The zero-order valence-electron chi connectivity index (χ0n) is 20.1. The van der Waals surface area contributed by atoms with E-state index in [2.05, 4.69) is 4.98 Å². The molecule has 1 aliphatic carbocycles. The smallest absolute Gasteiger partial charge is 0.278 e. The summed E-state index contributed by atoms with van der Waals surface area (Å²) >= 11 is 1.34. The van der Waals surface area contributed by atoms with Crippen LogP contribution in [-0.2, 0) is 5.75 Å². The molecule has 7 rings (SSSR count). The van der Waals surface area contributed by atoms with Crippen molar-refractivity contribution in [3.63, 3.8) is 0 Å². The summed E-state index contributed by atoms with van der Waals surface area (Å²) in [5.41, 5.74) is -0.398. The molecule has 11 heteroatoms. The van der Waals surface area contributed by atoms with Gasteiger partial charge in [0, 0.05) is 46.3 Å². The zero-order chi connectivity index (χ0) is 26.2. The van der Waals surface area contributed by atoms with E-state index in [4.69, 9.17) is 4.74 Å². The predicted octanol–water partition coefficient (Wildman–Crippen LogP) is 3.85. The van der Waals surface area contributed by atoms with Crippen LogP contribution in [0.3, 0.4) is 0 Å². The van der Waals surface area contributed by atoms with Crippen LogP contribution in [0, 0.1) is 11.6 Å². The van der Waals surface area contributed by atoms with Crippen LogP contribution in [0.5, 0.6) is 11.5 Å². The third-order valence-corrected chi connectivity index (χ3v) is 9.00. The van der Waals surface area contributed by atoms with Crippen molar-refractivity contribution in [2.45, 2.75) is 41.5 Å². The number of carbonyl (C=O) groups excluding carboxylic acids is 1. The Morgan fingerprint density at radius 3 is 2.84 bits per heavy atom. The second-order valence-electron chi connectivity index (χ2n) is 9.85. The van der Waals surface area contributed by atoms with Gasteiger partial charge in [-0.05, 0) is 37.5 Å². The van der Waals surface area contributed by atoms with Crippen molar-refractivity contribution < 1.29 is 23.4 Å². The first-order valence-electron chi connectivity index (χ1n) is 12.3. The topological polar surface area (TPSA) is 87.9 Å². The van der Waals surface area contributed by atoms with Crippen molar-refractivity contribution >= 4 is 17.7 Å². The van der Waals surface area contributed by atoms with Crippen LogP contribution >= 0.6 is 11.8 Å². The van der Waals surface area contributed by atoms with Crippen LogP contribution in [0.4, 0.5) is 8.78 Å². The number of fused-ring (bicyclic) bond motifs is 8. The van der Waals surface area contributed by atoms with E-state index < -0.39 is 40.3 Å². The molecule has 1 aromatic carbocycles. The summed E-state index contributed by atoms with van der Waals surface area (Å²) in [6.45, 7) is 0.147. The molecule has 194 valence electrons. The number of aromatic hydroxyl groups is 1. The van der Waals surface area contributed by atoms with Crippen molar-refractivity contribution in [2.24, 2.45) is 0 Å². The van der Waals surface area contributed by atoms with Crippen molar-refractivity contribution in [1.29, 1.82) is 0 Å². The Hall–Kier alpha value is -3.86. The van der Waals surface area contributed by atoms with Crippen molar-refractivity contribution in [3.05, 3.63) is 93.2 Å². The maximum absolute atomic E-state index is 15.4. The number of amides is 1. The van der Waals surface area contributed by atoms with Crippen LogP contribution in [0.25, 0.3) is 0 Å². The molecular formula is C27H22F2N4O4S. The summed E-state index contributed by atoms with van der Waals surface area (Å²) < 4.78 is 37.8. The number of hydrogen-bond donors (Lipinski definition) is 1. The molecule has 2 aromatic heterocycles. The largest absolute Gasteiger partial charge is 0.502 e. The zero-order valence-corrected chi connectivity index (χ0v) is 20.9. The van der Waals surface area contributed by atoms with Gasteiger partial charge in [0.05, 0.1) is 11.2 Å². The molecule has 1 N–H and O–H groups in total. The van der Waals surface area contributed by atoms with Gasteiger partial charge in [-0.15, -0.1) is 11.8 Å². The first-order chi connectivity index (χ1) is 18.4. The predicted molar refractivity (Wildman–Crippen MR) is 135 cm³/mol. The Morgan fingerprint density at radius 1 is 1.21 bits per heavy atom. The van der Waals surface area contributed by atoms with Gasteiger partial charge < -0.3 is 14.7 Å². The molecule has 1 saturated carbocycles. The Morgan fingerprint density at radius 2 is 2.05 bits per heavy atom. The van der Waals surface area contributed by atoms with E-state index in [1.807, 2.05) is 12.1 Å². The number of carbonyl (C=O) groups is 1. The van der Waals surface area contributed by atoms with Gasteiger partial charge >= 0.3 is 0 Å². The van der Waals surface area contributed by atoms with Crippen LogP contribution in [0.15, 0.2) is 58.5 Å². The van der Waals surface area contributed by atoms with E-state index in [9.17, 15) is 19.1 Å². The minimum absolute atomic E-state index is 0.0572. The standard InChI is InChI=1S/C27H22F2N4O4S/c28-16-12-18-20-15(21(16)29)13-38-19-4-1-9-30-22(19)23(20)33-14-31(27(6-2-7-27)8-3-11-37-18)26(36)24-25(35)17(34)5-10-32(24)33/h1,3-5,8-10,12,23,35H,2,6-7,11,13-14H2/b8-3-/t23-/m1/s1. The Balaban J connectivity index is 1.58. The highest BCUT2D eigenvalue weighted by Crippen LogP contribution is 2.49. The molecule has 3 aliphatic heterocycles. The third kappa shape index (κ3) is 3.17. The van der Waals surface area contributed by atoms with Gasteiger partial charge in [0.1, 0.15) is 25.1 Å². The molecule has 0 saturated heterocycles. The minimum atomic E-state index is -1.01. The number of nitrogens with zero attached hydrogens (tertiary/aromatic N) is 4. The number of benzene rings is 1. The fourth-order valence-corrected chi connectivity index (χ4v) is 6.96. The molecule has 1 spiro atoms. The number of rotatable bonds is 0. The first kappa shape index (κ1) is 23.3. The maximum Gasteiger partial charge on any atom is 0.278 e. The van der Waals surface area contributed by atoms with E-state index in [1.54, 1.807) is 28.2 Å². The highest BCUT2D eigenvalue weighted by molar-refractivity contribution is 7.98. The Labute approximate surface area is 220 Å². The molecule has 0 unspecified atom stereocenters. The molecule has 2 bridgehead atoms. The van der Waals surface area contributed by atoms with Crippen LogP contribution in [-0.4, -0.2) is 44.4 Å². The van der Waals surface area contributed by atoms with E-state index >= 15 is 4.39 Å². The van der Waals surface area contributed by atoms with Gasteiger partial charge in [0.15, 0.2) is 23.1 Å². The molecule has 1 atom stereocenters. The SMILES string of the molecule is O=C1c2c(O)c(=O)ccn2N2CN1C1(/C=C\COc3cc(F)c(F)c4c3[C@@H]2c2ncccc2SC4)CCC1. The third-order valence-electron chi connectivity index (χ3n) is 7.91. The molecule has 4 aliphatic rings. The second kappa shape index (κ2) is 8.32. The van der Waals surface area contributed by atoms with E-state index in [-0.39, 0.29) is 36.0 Å². The Kier molecular flexibility index (Phi) is 5.10. The van der Waals surface area contributed by atoms with Crippen molar-refractivity contribution in [3.8, 4) is 11.5 Å². The molecular weight excluding hydrogens is 514 g/mol. The fourth-order valence-electron chi connectivity index (χ4n) is 5.89.